The number of halogens is 2. The van der Waals surface area contributed by atoms with E-state index in [1.165, 1.54) is 6.07 Å². The lowest BCUT2D eigenvalue weighted by Gasteiger charge is -2.32. The van der Waals surface area contributed by atoms with Crippen molar-refractivity contribution in [2.75, 3.05) is 26.2 Å². The highest BCUT2D eigenvalue weighted by Gasteiger charge is 2.24. The number of nitrogens with two attached hydrogens (primary N) is 1. The van der Waals surface area contributed by atoms with E-state index in [0.29, 0.717) is 19.6 Å². The van der Waals surface area contributed by atoms with Crippen molar-refractivity contribution in [2.45, 2.75) is 45.1 Å². The molecule has 0 radical (unpaired) electrons. The number of ether oxygens (including phenoxy) is 1. The molecule has 6 heteroatoms. The molecule has 0 aliphatic carbocycles. The van der Waals surface area contributed by atoms with Gasteiger partial charge >= 0.3 is 0 Å². The molecule has 2 N–H and O–H groups in total. The molecule has 1 unspecified atom stereocenters. The molecular formula is C19H30ClFN2O2. The first-order valence-corrected chi connectivity index (χ1v) is 8.92. The molecule has 1 aliphatic rings. The maximum Gasteiger partial charge on any atom is 0.222 e. The fourth-order valence-electron chi connectivity index (χ4n) is 3.17. The summed E-state index contributed by atoms with van der Waals surface area (Å²) in [7, 11) is 0. The molecular weight excluding hydrogens is 343 g/mol. The van der Waals surface area contributed by atoms with Crippen LogP contribution in [0.1, 0.15) is 38.2 Å². The van der Waals surface area contributed by atoms with E-state index >= 15 is 0 Å². The first-order chi connectivity index (χ1) is 11.6. The first kappa shape index (κ1) is 21.9. The quantitative estimate of drug-likeness (QED) is 0.713. The number of amides is 1. The van der Waals surface area contributed by atoms with Crippen molar-refractivity contribution in [2.24, 2.45) is 11.7 Å². The number of nitrogens with zero attached hydrogens (tertiary/aromatic N) is 1. The van der Waals surface area contributed by atoms with Gasteiger partial charge in [-0.2, -0.15) is 0 Å². The van der Waals surface area contributed by atoms with Crippen molar-refractivity contribution in [1.82, 2.24) is 4.90 Å². The van der Waals surface area contributed by atoms with Gasteiger partial charge < -0.3 is 15.4 Å². The van der Waals surface area contributed by atoms with E-state index in [9.17, 15) is 9.18 Å². The van der Waals surface area contributed by atoms with Crippen LogP contribution >= 0.6 is 12.4 Å². The summed E-state index contributed by atoms with van der Waals surface area (Å²) in [5.41, 5.74) is 6.41. The molecule has 1 fully saturated rings. The molecule has 0 spiro atoms. The number of carbonyl (C=O) groups is 1. The lowest BCUT2D eigenvalue weighted by Crippen LogP contribution is -2.41. The molecule has 1 saturated heterocycles. The van der Waals surface area contributed by atoms with Crippen LogP contribution in [0.5, 0.6) is 0 Å². The van der Waals surface area contributed by atoms with Gasteiger partial charge in [-0.05, 0) is 55.8 Å². The van der Waals surface area contributed by atoms with Crippen molar-refractivity contribution in [1.29, 1.82) is 0 Å². The molecule has 0 bridgehead atoms. The monoisotopic (exact) mass is 372 g/mol. The summed E-state index contributed by atoms with van der Waals surface area (Å²) < 4.78 is 19.0. The zero-order valence-electron chi connectivity index (χ0n) is 15.0. The van der Waals surface area contributed by atoms with Crippen molar-refractivity contribution in [3.8, 4) is 0 Å². The van der Waals surface area contributed by atoms with E-state index in [2.05, 4.69) is 0 Å². The highest BCUT2D eigenvalue weighted by Crippen LogP contribution is 2.18. The smallest absolute Gasteiger partial charge is 0.222 e. The number of likely N-dealkylation sites (tertiary alicyclic amines) is 1. The van der Waals surface area contributed by atoms with Crippen LogP contribution in [0.15, 0.2) is 24.3 Å². The number of hydrogen-bond donors (Lipinski definition) is 1. The highest BCUT2D eigenvalue weighted by molar-refractivity contribution is 5.85. The number of hydrogen-bond acceptors (Lipinski definition) is 3. The summed E-state index contributed by atoms with van der Waals surface area (Å²) in [5, 5.41) is 0. The Morgan fingerprint density at radius 1 is 1.40 bits per heavy atom. The minimum absolute atomic E-state index is 0. The maximum atomic E-state index is 13.2. The van der Waals surface area contributed by atoms with Gasteiger partial charge in [0, 0.05) is 26.1 Å². The van der Waals surface area contributed by atoms with Gasteiger partial charge in [-0.3, -0.25) is 4.79 Å². The van der Waals surface area contributed by atoms with E-state index in [1.54, 1.807) is 12.1 Å². The van der Waals surface area contributed by atoms with Gasteiger partial charge in [0.25, 0.3) is 0 Å². The SMILES string of the molecule is CC(CC(=O)N1CCC(OCCCN)CC1)Cc1cccc(F)c1.Cl. The first-order valence-electron chi connectivity index (χ1n) is 8.92. The fourth-order valence-corrected chi connectivity index (χ4v) is 3.17. The second-order valence-electron chi connectivity index (χ2n) is 6.74. The zero-order chi connectivity index (χ0) is 17.4. The molecule has 1 aromatic carbocycles. The van der Waals surface area contributed by atoms with Gasteiger partial charge in [0.05, 0.1) is 6.10 Å². The molecule has 1 aromatic rings. The van der Waals surface area contributed by atoms with Gasteiger partial charge in [0.15, 0.2) is 0 Å². The Bertz CT molecular complexity index is 522. The van der Waals surface area contributed by atoms with E-state index in [0.717, 1.165) is 44.3 Å². The van der Waals surface area contributed by atoms with Crippen LogP contribution < -0.4 is 5.73 Å². The normalized spacial score (nSPS) is 16.4. The van der Waals surface area contributed by atoms with Gasteiger partial charge in [-0.15, -0.1) is 12.4 Å². The average Bonchev–Trinajstić information content (AvgIpc) is 2.55. The zero-order valence-corrected chi connectivity index (χ0v) is 15.8. The van der Waals surface area contributed by atoms with Gasteiger partial charge in [-0.25, -0.2) is 4.39 Å². The van der Waals surface area contributed by atoms with Crippen LogP contribution in [0, 0.1) is 11.7 Å². The molecule has 0 saturated carbocycles. The summed E-state index contributed by atoms with van der Waals surface area (Å²) in [6.07, 6.45) is 4.17. The Labute approximate surface area is 156 Å². The molecule has 1 aliphatic heterocycles. The topological polar surface area (TPSA) is 55.6 Å². The van der Waals surface area contributed by atoms with Crippen LogP contribution in [0.2, 0.25) is 0 Å². The van der Waals surface area contributed by atoms with Gasteiger partial charge in [0.1, 0.15) is 5.82 Å². The number of carbonyl (C=O) groups excluding carboxylic acids is 1. The van der Waals surface area contributed by atoms with Crippen LogP contribution in [0.4, 0.5) is 4.39 Å². The van der Waals surface area contributed by atoms with Gasteiger partial charge in [0.2, 0.25) is 5.91 Å². The lowest BCUT2D eigenvalue weighted by molar-refractivity contribution is -0.134. The van der Waals surface area contributed by atoms with Crippen LogP contribution in [0.25, 0.3) is 0 Å². The van der Waals surface area contributed by atoms with Crippen LogP contribution in [0.3, 0.4) is 0 Å². The molecule has 1 amide bonds. The largest absolute Gasteiger partial charge is 0.378 e. The summed E-state index contributed by atoms with van der Waals surface area (Å²) in [4.78, 5) is 14.4. The van der Waals surface area contributed by atoms with E-state index in [4.69, 9.17) is 10.5 Å². The third-order valence-corrected chi connectivity index (χ3v) is 4.49. The second-order valence-corrected chi connectivity index (χ2v) is 6.74. The minimum Gasteiger partial charge on any atom is -0.378 e. The standard InChI is InChI=1S/C19H29FN2O2.ClH/c1-15(12-16-4-2-5-17(20)14-16)13-19(23)22-9-6-18(7-10-22)24-11-3-8-21;/h2,4-5,14-15,18H,3,6-13,21H2,1H3;1H. The predicted molar refractivity (Wildman–Crippen MR) is 100 cm³/mol. The summed E-state index contributed by atoms with van der Waals surface area (Å²) in [6, 6.07) is 6.62. The number of benzene rings is 1. The van der Waals surface area contributed by atoms with E-state index in [1.807, 2.05) is 17.9 Å². The molecule has 4 nitrogen and oxygen atoms in total. The molecule has 25 heavy (non-hydrogen) atoms. The summed E-state index contributed by atoms with van der Waals surface area (Å²) in [5.74, 6) is 0.180. The average molecular weight is 373 g/mol. The third kappa shape index (κ3) is 7.72. The van der Waals surface area contributed by atoms with Crippen molar-refractivity contribution in [3.63, 3.8) is 0 Å². The van der Waals surface area contributed by atoms with Crippen molar-refractivity contribution >= 4 is 18.3 Å². The summed E-state index contributed by atoms with van der Waals surface area (Å²) >= 11 is 0. The predicted octanol–water partition coefficient (Wildman–Crippen LogP) is 3.17. The van der Waals surface area contributed by atoms with Crippen molar-refractivity contribution in [3.05, 3.63) is 35.6 Å². The number of piperidine rings is 1. The lowest BCUT2D eigenvalue weighted by atomic mass is 9.97. The maximum absolute atomic E-state index is 13.2. The molecule has 1 atom stereocenters. The minimum atomic E-state index is -0.220. The second kappa shape index (κ2) is 11.4. The summed E-state index contributed by atoms with van der Waals surface area (Å²) in [6.45, 7) is 4.93. The molecule has 0 aromatic heterocycles. The number of rotatable bonds is 8. The van der Waals surface area contributed by atoms with Crippen LogP contribution in [-0.4, -0.2) is 43.2 Å². The van der Waals surface area contributed by atoms with Crippen LogP contribution in [-0.2, 0) is 16.0 Å². The molecule has 2 rings (SSSR count). The van der Waals surface area contributed by atoms with Gasteiger partial charge in [-0.1, -0.05) is 19.1 Å². The Kier molecular flexibility index (Phi) is 10.0. The fraction of sp³-hybridized carbons (Fsp3) is 0.632. The Hall–Kier alpha value is -1.17. The van der Waals surface area contributed by atoms with Crippen molar-refractivity contribution < 1.29 is 13.9 Å². The molecule has 1 heterocycles. The Morgan fingerprint density at radius 2 is 2.12 bits per heavy atom. The van der Waals surface area contributed by atoms with E-state index in [-0.39, 0.29) is 36.2 Å². The Balaban J connectivity index is 0.00000312. The third-order valence-electron chi connectivity index (χ3n) is 4.49. The van der Waals surface area contributed by atoms with E-state index < -0.39 is 0 Å². The molecule has 142 valence electrons. The Morgan fingerprint density at radius 3 is 2.76 bits per heavy atom. The highest BCUT2D eigenvalue weighted by atomic mass is 35.5.